The molecule has 0 spiro atoms. The lowest BCUT2D eigenvalue weighted by atomic mass is 10.3. The van der Waals surface area contributed by atoms with E-state index < -0.39 is 5.82 Å². The summed E-state index contributed by atoms with van der Waals surface area (Å²) >= 11 is 11.6. The molecule has 0 saturated carbocycles. The Morgan fingerprint density at radius 2 is 1.71 bits per heavy atom. The van der Waals surface area contributed by atoms with Crippen molar-refractivity contribution in [1.82, 2.24) is 9.97 Å². The average Bonchev–Trinajstić information content (AvgIpc) is 2.29. The van der Waals surface area contributed by atoms with E-state index in [1.807, 2.05) is 0 Å². The predicted molar refractivity (Wildman–Crippen MR) is 62.9 cm³/mol. The number of ether oxygens (including phenoxy) is 1. The molecule has 1 heterocycles. The van der Waals surface area contributed by atoms with E-state index in [1.165, 1.54) is 12.1 Å². The second-order valence-electron chi connectivity index (χ2n) is 3.09. The van der Waals surface area contributed by atoms with Gasteiger partial charge in [0.15, 0.2) is 11.6 Å². The second-order valence-corrected chi connectivity index (χ2v) is 3.90. The van der Waals surface area contributed by atoms with Gasteiger partial charge in [0.1, 0.15) is 0 Å². The van der Waals surface area contributed by atoms with Crippen molar-refractivity contribution in [3.8, 4) is 11.8 Å². The highest BCUT2D eigenvalue weighted by Crippen LogP contribution is 2.33. The van der Waals surface area contributed by atoms with Crippen LogP contribution >= 0.6 is 23.2 Å². The topological polar surface area (TPSA) is 61.0 Å². The smallest absolute Gasteiger partial charge is 0.322 e. The number of rotatable bonds is 2. The second kappa shape index (κ2) is 4.73. The Bertz CT molecular complexity index is 548. The first kappa shape index (κ1) is 11.9. The summed E-state index contributed by atoms with van der Waals surface area (Å²) in [4.78, 5) is 7.25. The van der Waals surface area contributed by atoms with Gasteiger partial charge in [-0.3, -0.25) is 0 Å². The Hall–Kier alpha value is -1.59. The summed E-state index contributed by atoms with van der Waals surface area (Å²) < 4.78 is 17.8. The van der Waals surface area contributed by atoms with Crippen molar-refractivity contribution in [2.24, 2.45) is 0 Å². The highest BCUT2D eigenvalue weighted by Gasteiger charge is 2.08. The van der Waals surface area contributed by atoms with E-state index >= 15 is 0 Å². The summed E-state index contributed by atoms with van der Waals surface area (Å²) in [6, 6.07) is 2.85. The van der Waals surface area contributed by atoms with Crippen LogP contribution in [0.3, 0.4) is 0 Å². The summed E-state index contributed by atoms with van der Waals surface area (Å²) in [5.74, 6) is -0.300. The van der Waals surface area contributed by atoms with Crippen LogP contribution in [0.4, 0.5) is 10.1 Å². The molecule has 1 aromatic heterocycles. The Balaban J connectivity index is 2.30. The molecule has 0 amide bonds. The molecule has 0 saturated heterocycles. The maximum Gasteiger partial charge on any atom is 0.322 e. The molecule has 1 aromatic carbocycles. The number of anilines is 1. The molecule has 0 aliphatic heterocycles. The Kier molecular flexibility index (Phi) is 3.31. The van der Waals surface area contributed by atoms with Crippen LogP contribution in [0.5, 0.6) is 11.8 Å². The van der Waals surface area contributed by atoms with E-state index in [9.17, 15) is 4.39 Å². The van der Waals surface area contributed by atoms with Gasteiger partial charge in [0.05, 0.1) is 28.1 Å². The lowest BCUT2D eigenvalue weighted by Gasteiger charge is -2.07. The zero-order chi connectivity index (χ0) is 12.4. The minimum absolute atomic E-state index is 0.0310. The van der Waals surface area contributed by atoms with E-state index in [0.717, 1.165) is 12.4 Å². The number of nitrogens with zero attached hydrogens (tertiary/aromatic N) is 2. The van der Waals surface area contributed by atoms with Gasteiger partial charge < -0.3 is 10.5 Å². The van der Waals surface area contributed by atoms with E-state index in [2.05, 4.69) is 9.97 Å². The zero-order valence-electron chi connectivity index (χ0n) is 8.32. The van der Waals surface area contributed by atoms with Crippen LogP contribution < -0.4 is 10.5 Å². The number of nitrogens with two attached hydrogens (primary N) is 1. The molecule has 2 aromatic rings. The molecule has 7 heteroatoms. The molecule has 0 aliphatic carbocycles. The first-order valence-electron chi connectivity index (χ1n) is 4.46. The molecule has 4 nitrogen and oxygen atoms in total. The third-order valence-corrected chi connectivity index (χ3v) is 2.57. The Morgan fingerprint density at radius 1 is 1.12 bits per heavy atom. The molecular formula is C10H6Cl2FN3O. The van der Waals surface area contributed by atoms with Crippen LogP contribution in [0, 0.1) is 5.82 Å². The fraction of sp³-hybridized carbons (Fsp3) is 0. The van der Waals surface area contributed by atoms with Crippen molar-refractivity contribution < 1.29 is 9.13 Å². The summed E-state index contributed by atoms with van der Waals surface area (Å²) in [6.07, 6.45) is 1.96. The largest absolute Gasteiger partial charge is 0.422 e. The van der Waals surface area contributed by atoms with Gasteiger partial charge in [0.2, 0.25) is 0 Å². The van der Waals surface area contributed by atoms with Crippen LogP contribution in [0.15, 0.2) is 24.5 Å². The normalized spacial score (nSPS) is 10.3. The van der Waals surface area contributed by atoms with E-state index in [0.29, 0.717) is 5.02 Å². The van der Waals surface area contributed by atoms with Gasteiger partial charge in [0, 0.05) is 6.07 Å². The van der Waals surface area contributed by atoms with Crippen molar-refractivity contribution in [1.29, 1.82) is 0 Å². The van der Waals surface area contributed by atoms with Gasteiger partial charge >= 0.3 is 6.01 Å². The van der Waals surface area contributed by atoms with Crippen molar-refractivity contribution in [3.63, 3.8) is 0 Å². The van der Waals surface area contributed by atoms with Gasteiger partial charge in [0.25, 0.3) is 0 Å². The quantitative estimate of drug-likeness (QED) is 0.853. The van der Waals surface area contributed by atoms with Gasteiger partial charge in [-0.05, 0) is 6.07 Å². The van der Waals surface area contributed by atoms with Crippen LogP contribution in [0.2, 0.25) is 10.0 Å². The molecule has 0 fully saturated rings. The molecule has 0 radical (unpaired) electrons. The maximum absolute atomic E-state index is 12.6. The SMILES string of the molecule is Nc1cc(Cl)c(Cl)cc1Oc1ncc(F)cn1. The minimum atomic E-state index is -0.556. The highest BCUT2D eigenvalue weighted by atomic mass is 35.5. The molecule has 2 rings (SSSR count). The summed E-state index contributed by atoms with van der Waals surface area (Å²) in [6.45, 7) is 0. The number of halogens is 3. The summed E-state index contributed by atoms with van der Waals surface area (Å²) in [5.41, 5.74) is 5.95. The first-order valence-corrected chi connectivity index (χ1v) is 5.22. The standard InChI is InChI=1S/C10H6Cl2FN3O/c11-6-1-8(14)9(2-7(6)12)17-10-15-3-5(13)4-16-10/h1-4H,14H2. The molecular weight excluding hydrogens is 268 g/mol. The fourth-order valence-electron chi connectivity index (χ4n) is 1.08. The molecule has 0 unspecified atom stereocenters. The van der Waals surface area contributed by atoms with Gasteiger partial charge in [-0.1, -0.05) is 23.2 Å². The third kappa shape index (κ3) is 2.75. The predicted octanol–water partition coefficient (Wildman–Crippen LogP) is 3.30. The number of aromatic nitrogens is 2. The molecule has 2 N–H and O–H groups in total. The van der Waals surface area contributed by atoms with Crippen molar-refractivity contribution in [2.45, 2.75) is 0 Å². The van der Waals surface area contributed by atoms with Crippen molar-refractivity contribution in [2.75, 3.05) is 5.73 Å². The molecule has 0 bridgehead atoms. The highest BCUT2D eigenvalue weighted by molar-refractivity contribution is 6.42. The molecule has 0 aliphatic rings. The van der Waals surface area contributed by atoms with Gasteiger partial charge in [-0.15, -0.1) is 0 Å². The number of nitrogen functional groups attached to an aromatic ring is 1. The van der Waals surface area contributed by atoms with Crippen molar-refractivity contribution >= 4 is 28.9 Å². The summed E-state index contributed by atoms with van der Waals surface area (Å²) in [7, 11) is 0. The van der Waals surface area contributed by atoms with Crippen LogP contribution in [0.1, 0.15) is 0 Å². The van der Waals surface area contributed by atoms with Crippen LogP contribution in [0.25, 0.3) is 0 Å². The van der Waals surface area contributed by atoms with E-state index in [-0.39, 0.29) is 22.5 Å². The maximum atomic E-state index is 12.6. The monoisotopic (exact) mass is 273 g/mol. The first-order chi connectivity index (χ1) is 8.06. The zero-order valence-corrected chi connectivity index (χ0v) is 9.84. The Morgan fingerprint density at radius 3 is 2.35 bits per heavy atom. The average molecular weight is 274 g/mol. The molecule has 88 valence electrons. The number of hydrogen-bond donors (Lipinski definition) is 1. The molecule has 0 atom stereocenters. The lowest BCUT2D eigenvalue weighted by molar-refractivity contribution is 0.438. The van der Waals surface area contributed by atoms with Crippen LogP contribution in [-0.2, 0) is 0 Å². The van der Waals surface area contributed by atoms with E-state index in [4.69, 9.17) is 33.7 Å². The van der Waals surface area contributed by atoms with Crippen molar-refractivity contribution in [3.05, 3.63) is 40.4 Å². The van der Waals surface area contributed by atoms with Gasteiger partial charge in [-0.25, -0.2) is 14.4 Å². The summed E-state index contributed by atoms with van der Waals surface area (Å²) in [5, 5.41) is 0.606. The minimum Gasteiger partial charge on any atom is -0.422 e. The number of benzene rings is 1. The fourth-order valence-corrected chi connectivity index (χ4v) is 1.41. The molecule has 17 heavy (non-hydrogen) atoms. The number of hydrogen-bond acceptors (Lipinski definition) is 4. The van der Waals surface area contributed by atoms with Crippen LogP contribution in [-0.4, -0.2) is 9.97 Å². The third-order valence-electron chi connectivity index (χ3n) is 1.85. The Labute approximate surface area is 106 Å². The van der Waals surface area contributed by atoms with E-state index in [1.54, 1.807) is 0 Å². The lowest BCUT2D eigenvalue weighted by Crippen LogP contribution is -1.96. The van der Waals surface area contributed by atoms with Gasteiger partial charge in [-0.2, -0.15) is 0 Å².